The molecule has 3 amide bonds. The molecule has 0 rings (SSSR count). The maximum absolute atomic E-state index is 11.7. The summed E-state index contributed by atoms with van der Waals surface area (Å²) in [5.74, 6) is -2.98. The molecule has 402 valence electrons. The molecule has 0 aliphatic heterocycles. The second kappa shape index (κ2) is 60.8. The van der Waals surface area contributed by atoms with Gasteiger partial charge in [0.2, 0.25) is 5.91 Å². The predicted octanol–water partition coefficient (Wildman–Crippen LogP) is 1.44. The molecule has 0 spiro atoms. The van der Waals surface area contributed by atoms with Gasteiger partial charge >= 0.3 is 23.9 Å². The Balaban J connectivity index is -0.000000252. The van der Waals surface area contributed by atoms with Crippen LogP contribution in [-0.2, 0) is 33.6 Å². The molecule has 0 aliphatic carbocycles. The second-order valence-corrected chi connectivity index (χ2v) is 14.3. The number of aldehydes is 3. The summed E-state index contributed by atoms with van der Waals surface area (Å²) in [5.41, 5.74) is 2.47. The Morgan fingerprint density at radius 1 is 0.710 bits per heavy atom. The van der Waals surface area contributed by atoms with Crippen molar-refractivity contribution in [2.24, 2.45) is 0 Å². The Bertz CT molecular complexity index is 1390. The molecule has 2 unspecified atom stereocenters. The lowest BCUT2D eigenvalue weighted by atomic mass is 10.1. The molecule has 0 radical (unpaired) electrons. The fraction of sp³-hybridized carbons (Fsp3) is 0.674. The maximum Gasteiger partial charge on any atom is 0.317 e. The van der Waals surface area contributed by atoms with Crippen LogP contribution in [0.5, 0.6) is 0 Å². The average molecular weight is 1010 g/mol. The molecule has 0 fully saturated rings. The molecule has 0 aliphatic rings. The van der Waals surface area contributed by atoms with Crippen molar-refractivity contribution in [2.45, 2.75) is 104 Å². The minimum absolute atomic E-state index is 0.00854. The van der Waals surface area contributed by atoms with Gasteiger partial charge in [0, 0.05) is 92.2 Å². The summed E-state index contributed by atoms with van der Waals surface area (Å²) in [5, 5.41) is 62.3. The molecule has 22 nitrogen and oxygen atoms in total. The molecular formula is C46H88N8O14S. The molecule has 0 aromatic rings. The Labute approximate surface area is 416 Å². The van der Waals surface area contributed by atoms with Gasteiger partial charge in [-0.05, 0) is 64.1 Å². The van der Waals surface area contributed by atoms with E-state index in [-0.39, 0.29) is 51.0 Å². The topological polar surface area (TPSA) is 328 Å². The first-order chi connectivity index (χ1) is 33.2. The van der Waals surface area contributed by atoms with Crippen LogP contribution in [0, 0.1) is 0 Å². The lowest BCUT2D eigenvalue weighted by Gasteiger charge is -2.32. The molecule has 0 saturated heterocycles. The van der Waals surface area contributed by atoms with Crippen LogP contribution in [-0.4, -0.2) is 212 Å². The summed E-state index contributed by atoms with van der Waals surface area (Å²) in [6, 6.07) is -1.37. The summed E-state index contributed by atoms with van der Waals surface area (Å²) in [7, 11) is 4.84. The number of thiocarbonyl (C=S) groups is 1. The average Bonchev–Trinajstić information content (AvgIpc) is 3.34. The number of amides is 3. The highest BCUT2D eigenvalue weighted by Gasteiger charge is 2.21. The van der Waals surface area contributed by atoms with Gasteiger partial charge in [-0.3, -0.25) is 33.9 Å². The third-order valence-corrected chi connectivity index (χ3v) is 8.97. The summed E-state index contributed by atoms with van der Waals surface area (Å²) in [6.07, 6.45) is 19.0. The van der Waals surface area contributed by atoms with E-state index in [1.807, 2.05) is 70.0 Å². The Kier molecular flexibility index (Phi) is 66.4. The zero-order valence-corrected chi connectivity index (χ0v) is 43.2. The molecule has 2 atom stereocenters. The van der Waals surface area contributed by atoms with Crippen molar-refractivity contribution < 1.29 is 69.0 Å². The SMILES string of the molecule is CCC=O.CO.CO.CO.C\C=C/C(=C\C=C\CC(CC)N(CCN(CCN(CCC)CC(=O)O)CC(=O)O)CC(=O)O)NC.O=CCNC(=O)NC(C=O)CCC(=O)NCCCCCCNC=S. The second-order valence-electron chi connectivity index (χ2n) is 14.0. The Morgan fingerprint density at radius 2 is 1.25 bits per heavy atom. The largest absolute Gasteiger partial charge is 0.480 e. The standard InChI is InChI=1S/C25H44N4O6.C15H26N4O4S.C3H6O.3CH4O/c1-5-10-21(26-4)11-8-9-12-22(7-3)29(20-25(34)35)17-16-28(19-24(32)33)15-14-27(13-6-2)18-23(30)31;20-10-9-18-15(23)19-13(11-21)5-6-14(22)17-8-4-2-1-3-7-16-12-24;1-2-3-4;3*1-2/h5,8-11,22,26H,6-7,12-20H2,1-4H3,(H,30,31)(H,32,33)(H,34,35);10-13H,1-9H2,(H,16,24)(H,17,22)(H2,18,19,23);3H,2H2,1H3;3*2H,1H3/b9-8+,10-5-,21-11+;;;;;. The predicted molar refractivity (Wildman–Crippen MR) is 273 cm³/mol. The van der Waals surface area contributed by atoms with Crippen LogP contribution in [0.15, 0.2) is 36.1 Å². The number of unbranched alkanes of at least 4 members (excludes halogenated alkanes) is 3. The number of hydrogen-bond donors (Lipinski definition) is 11. The number of urea groups is 1. The highest BCUT2D eigenvalue weighted by molar-refractivity contribution is 7.78. The normalized spacial score (nSPS) is 11.2. The van der Waals surface area contributed by atoms with E-state index in [2.05, 4.69) is 38.8 Å². The number of hydrogen-bond acceptors (Lipinski definition) is 16. The molecular weight excluding hydrogens is 921 g/mol. The van der Waals surface area contributed by atoms with E-state index >= 15 is 0 Å². The quantitative estimate of drug-likeness (QED) is 0.0182. The smallest absolute Gasteiger partial charge is 0.317 e. The molecule has 0 aromatic heterocycles. The number of carboxylic acids is 3. The first kappa shape index (κ1) is 75.3. The summed E-state index contributed by atoms with van der Waals surface area (Å²) in [6.45, 7) is 10.8. The first-order valence-corrected chi connectivity index (χ1v) is 23.3. The minimum atomic E-state index is -0.974. The van der Waals surface area contributed by atoms with Gasteiger partial charge in [0.1, 0.15) is 18.9 Å². The van der Waals surface area contributed by atoms with Gasteiger partial charge in [0.25, 0.3) is 0 Å². The number of nitrogens with zero attached hydrogens (tertiary/aromatic N) is 3. The van der Waals surface area contributed by atoms with Crippen molar-refractivity contribution in [3.63, 3.8) is 0 Å². The number of carbonyl (C=O) groups excluding carboxylic acids is 5. The van der Waals surface area contributed by atoms with Crippen molar-refractivity contribution in [1.82, 2.24) is 41.3 Å². The van der Waals surface area contributed by atoms with Crippen LogP contribution in [0.2, 0.25) is 0 Å². The molecule has 0 saturated carbocycles. The van der Waals surface area contributed by atoms with Gasteiger partial charge < -0.3 is 71.6 Å². The molecule has 11 N–H and O–H groups in total. The number of aliphatic hydroxyl groups is 3. The van der Waals surface area contributed by atoms with E-state index in [1.54, 1.807) is 9.80 Å². The lowest BCUT2D eigenvalue weighted by molar-refractivity contribution is -0.140. The Morgan fingerprint density at radius 3 is 1.70 bits per heavy atom. The van der Waals surface area contributed by atoms with E-state index in [0.29, 0.717) is 64.7 Å². The van der Waals surface area contributed by atoms with E-state index in [4.69, 9.17) is 20.4 Å². The van der Waals surface area contributed by atoms with Crippen LogP contribution < -0.4 is 26.6 Å². The van der Waals surface area contributed by atoms with E-state index in [0.717, 1.165) is 78.4 Å². The highest BCUT2D eigenvalue weighted by Crippen LogP contribution is 2.11. The van der Waals surface area contributed by atoms with Gasteiger partial charge in [0.05, 0.1) is 37.7 Å². The third kappa shape index (κ3) is 57.1. The maximum atomic E-state index is 11.7. The number of carbonyl (C=O) groups is 8. The molecule has 23 heteroatoms. The first-order valence-electron chi connectivity index (χ1n) is 22.9. The summed E-state index contributed by atoms with van der Waals surface area (Å²) < 4.78 is 0. The van der Waals surface area contributed by atoms with E-state index in [1.165, 1.54) is 5.49 Å². The molecule has 0 aromatic carbocycles. The van der Waals surface area contributed by atoms with Crippen LogP contribution in [0.1, 0.15) is 91.9 Å². The van der Waals surface area contributed by atoms with Crippen molar-refractivity contribution in [1.29, 1.82) is 0 Å². The van der Waals surface area contributed by atoms with Crippen LogP contribution in [0.3, 0.4) is 0 Å². The van der Waals surface area contributed by atoms with Gasteiger partial charge in [-0.1, -0.05) is 64.1 Å². The van der Waals surface area contributed by atoms with Gasteiger partial charge in [-0.25, -0.2) is 4.79 Å². The number of likely N-dealkylation sites (N-methyl/N-ethyl adjacent to an activating group) is 1. The molecule has 0 bridgehead atoms. The van der Waals surface area contributed by atoms with Crippen LogP contribution >= 0.6 is 12.2 Å². The zero-order chi connectivity index (χ0) is 54.1. The fourth-order valence-corrected chi connectivity index (χ4v) is 5.75. The number of aliphatic carboxylic acids is 3. The van der Waals surface area contributed by atoms with Crippen molar-refractivity contribution in [3.05, 3.63) is 36.1 Å². The highest BCUT2D eigenvalue weighted by atomic mass is 32.1. The van der Waals surface area contributed by atoms with E-state index < -0.39 is 30.0 Å². The molecule has 69 heavy (non-hydrogen) atoms. The number of nitrogens with one attached hydrogen (secondary N) is 5. The lowest BCUT2D eigenvalue weighted by Crippen LogP contribution is -2.46. The summed E-state index contributed by atoms with van der Waals surface area (Å²) >= 11 is 4.65. The monoisotopic (exact) mass is 1010 g/mol. The van der Waals surface area contributed by atoms with E-state index in [9.17, 15) is 48.6 Å². The number of rotatable bonds is 37. The number of allylic oxidation sites excluding steroid dienone is 4. The minimum Gasteiger partial charge on any atom is -0.480 e. The third-order valence-electron chi connectivity index (χ3n) is 8.80. The number of aliphatic hydroxyl groups excluding tert-OH is 3. The van der Waals surface area contributed by atoms with Crippen molar-refractivity contribution >= 4 is 66.4 Å². The zero-order valence-electron chi connectivity index (χ0n) is 42.4. The molecule has 0 heterocycles. The van der Waals surface area contributed by atoms with Crippen molar-refractivity contribution in [2.75, 3.05) is 100 Å². The fourth-order valence-electron chi connectivity index (χ4n) is 5.63. The van der Waals surface area contributed by atoms with Crippen molar-refractivity contribution in [3.8, 4) is 0 Å². The van der Waals surface area contributed by atoms with Crippen LogP contribution in [0.4, 0.5) is 4.79 Å². The van der Waals surface area contributed by atoms with Crippen LogP contribution in [0.25, 0.3) is 0 Å². The van der Waals surface area contributed by atoms with Gasteiger partial charge in [0.15, 0.2) is 0 Å². The van der Waals surface area contributed by atoms with Gasteiger partial charge in [-0.15, -0.1) is 0 Å². The summed E-state index contributed by atoms with van der Waals surface area (Å²) in [4.78, 5) is 92.5. The van der Waals surface area contributed by atoms with Gasteiger partial charge in [-0.2, -0.15) is 0 Å². The number of carboxylic acid groups (broad SMARTS) is 3. The Hall–Kier alpha value is -5.17.